The van der Waals surface area contributed by atoms with Crippen LogP contribution in [0.2, 0.25) is 0 Å². The van der Waals surface area contributed by atoms with Gasteiger partial charge in [0.25, 0.3) is 11.7 Å². The Kier molecular flexibility index (Phi) is 10.0. The molecule has 1 aliphatic rings. The van der Waals surface area contributed by atoms with E-state index < -0.39 is 17.7 Å². The van der Waals surface area contributed by atoms with Gasteiger partial charge in [-0.15, -0.1) is 0 Å². The highest BCUT2D eigenvalue weighted by atomic mass is 16.5. The Labute approximate surface area is 241 Å². The standard InChI is InChI=1S/C33H38N2O6/c1-5-34(6-2)19-20-35-30(25-15-18-27(28(21-25)39-4)41-22-23-11-9-8-10-12-23)29(32(37)33(35)38)31(36)24-13-16-26(17-14-24)40-7-3/h8-18,21,30,36H,5-7,19-20,22H2,1-4H3. The van der Waals surface area contributed by atoms with Gasteiger partial charge in [-0.05, 0) is 67.5 Å². The SMILES string of the molecule is CCOc1ccc(C(O)=C2C(=O)C(=O)N(CCN(CC)CC)C2c2ccc(OCc3ccccc3)c(OC)c2)cc1. The molecule has 0 radical (unpaired) electrons. The molecule has 216 valence electrons. The van der Waals surface area contributed by atoms with E-state index in [4.69, 9.17) is 14.2 Å². The molecule has 1 N–H and O–H groups in total. The summed E-state index contributed by atoms with van der Waals surface area (Å²) in [7, 11) is 1.55. The van der Waals surface area contributed by atoms with Crippen molar-refractivity contribution in [2.24, 2.45) is 0 Å². The summed E-state index contributed by atoms with van der Waals surface area (Å²) in [4.78, 5) is 30.6. The topological polar surface area (TPSA) is 88.5 Å². The second-order valence-electron chi connectivity index (χ2n) is 9.66. The van der Waals surface area contributed by atoms with E-state index in [1.807, 2.05) is 43.3 Å². The minimum Gasteiger partial charge on any atom is -0.507 e. The summed E-state index contributed by atoms with van der Waals surface area (Å²) in [6.07, 6.45) is 0. The molecule has 8 nitrogen and oxygen atoms in total. The molecule has 0 aliphatic carbocycles. The zero-order valence-electron chi connectivity index (χ0n) is 24.1. The van der Waals surface area contributed by atoms with Gasteiger partial charge in [-0.3, -0.25) is 9.59 Å². The van der Waals surface area contributed by atoms with Crippen molar-refractivity contribution in [3.05, 3.63) is 95.1 Å². The van der Waals surface area contributed by atoms with Gasteiger partial charge in [0.2, 0.25) is 0 Å². The number of Topliss-reactive ketones (excluding diaryl/α,β-unsaturated/α-hetero) is 1. The van der Waals surface area contributed by atoms with E-state index in [2.05, 4.69) is 18.7 Å². The van der Waals surface area contributed by atoms with Crippen LogP contribution in [0.5, 0.6) is 17.2 Å². The summed E-state index contributed by atoms with van der Waals surface area (Å²) < 4.78 is 17.2. The van der Waals surface area contributed by atoms with Crippen LogP contribution >= 0.6 is 0 Å². The molecule has 1 fully saturated rings. The maximum Gasteiger partial charge on any atom is 0.295 e. The van der Waals surface area contributed by atoms with Gasteiger partial charge in [-0.25, -0.2) is 0 Å². The lowest BCUT2D eigenvalue weighted by atomic mass is 9.95. The van der Waals surface area contributed by atoms with Crippen molar-refractivity contribution in [3.63, 3.8) is 0 Å². The molecule has 41 heavy (non-hydrogen) atoms. The van der Waals surface area contributed by atoms with E-state index >= 15 is 0 Å². The van der Waals surface area contributed by atoms with Crippen molar-refractivity contribution >= 4 is 17.4 Å². The summed E-state index contributed by atoms with van der Waals surface area (Å²) in [6, 6.07) is 21.2. The van der Waals surface area contributed by atoms with Crippen LogP contribution in [0.1, 0.15) is 43.5 Å². The first-order valence-corrected chi connectivity index (χ1v) is 14.0. The van der Waals surface area contributed by atoms with Gasteiger partial charge in [0.1, 0.15) is 18.1 Å². The number of likely N-dealkylation sites (N-methyl/N-ethyl adjacent to an activating group) is 1. The highest BCUT2D eigenvalue weighted by molar-refractivity contribution is 6.46. The fourth-order valence-electron chi connectivity index (χ4n) is 4.99. The Bertz CT molecular complexity index is 1370. The lowest BCUT2D eigenvalue weighted by Crippen LogP contribution is -2.38. The second kappa shape index (κ2) is 13.9. The number of benzene rings is 3. The van der Waals surface area contributed by atoms with Gasteiger partial charge in [0, 0.05) is 18.7 Å². The first-order valence-electron chi connectivity index (χ1n) is 14.0. The number of rotatable bonds is 13. The van der Waals surface area contributed by atoms with Gasteiger partial charge in [-0.2, -0.15) is 0 Å². The van der Waals surface area contributed by atoms with E-state index in [-0.39, 0.29) is 11.3 Å². The molecule has 1 saturated heterocycles. The molecular formula is C33H38N2O6. The van der Waals surface area contributed by atoms with E-state index in [1.54, 1.807) is 48.4 Å². The highest BCUT2D eigenvalue weighted by Crippen LogP contribution is 2.42. The van der Waals surface area contributed by atoms with Crippen molar-refractivity contribution in [2.45, 2.75) is 33.4 Å². The number of carbonyl (C=O) groups excluding carboxylic acids is 2. The van der Waals surface area contributed by atoms with Crippen LogP contribution in [0.3, 0.4) is 0 Å². The molecule has 0 saturated carbocycles. The summed E-state index contributed by atoms with van der Waals surface area (Å²) in [6.45, 7) is 9.42. The summed E-state index contributed by atoms with van der Waals surface area (Å²) in [5, 5.41) is 11.4. The number of carbonyl (C=O) groups is 2. The average Bonchev–Trinajstić information content (AvgIpc) is 3.26. The number of aliphatic hydroxyl groups is 1. The zero-order chi connectivity index (χ0) is 29.4. The third-order valence-corrected chi connectivity index (χ3v) is 7.27. The second-order valence-corrected chi connectivity index (χ2v) is 9.66. The largest absolute Gasteiger partial charge is 0.507 e. The lowest BCUT2D eigenvalue weighted by Gasteiger charge is -2.28. The van der Waals surface area contributed by atoms with Crippen molar-refractivity contribution in [2.75, 3.05) is 39.9 Å². The Balaban J connectivity index is 1.74. The molecule has 8 heteroatoms. The van der Waals surface area contributed by atoms with E-state index in [0.717, 1.165) is 18.7 Å². The van der Waals surface area contributed by atoms with Gasteiger partial charge in [0.15, 0.2) is 11.5 Å². The number of likely N-dealkylation sites (tertiary alicyclic amines) is 1. The van der Waals surface area contributed by atoms with Crippen LogP contribution in [0.15, 0.2) is 78.4 Å². The quantitative estimate of drug-likeness (QED) is 0.170. The molecule has 1 atom stereocenters. The van der Waals surface area contributed by atoms with E-state index in [1.165, 1.54) is 0 Å². The van der Waals surface area contributed by atoms with Crippen molar-refractivity contribution in [3.8, 4) is 17.2 Å². The maximum absolute atomic E-state index is 13.4. The van der Waals surface area contributed by atoms with Crippen molar-refractivity contribution in [1.82, 2.24) is 9.80 Å². The van der Waals surface area contributed by atoms with Crippen molar-refractivity contribution < 1.29 is 28.9 Å². The molecule has 0 spiro atoms. The molecule has 4 rings (SSSR count). The normalized spacial score (nSPS) is 16.3. The van der Waals surface area contributed by atoms with Crippen LogP contribution < -0.4 is 14.2 Å². The molecular weight excluding hydrogens is 520 g/mol. The summed E-state index contributed by atoms with van der Waals surface area (Å²) >= 11 is 0. The molecule has 0 bridgehead atoms. The van der Waals surface area contributed by atoms with Crippen LogP contribution in [-0.2, 0) is 16.2 Å². The monoisotopic (exact) mass is 558 g/mol. The molecule has 1 amide bonds. The molecule has 1 unspecified atom stereocenters. The van der Waals surface area contributed by atoms with Crippen LogP contribution in [0.4, 0.5) is 0 Å². The van der Waals surface area contributed by atoms with E-state index in [9.17, 15) is 14.7 Å². The number of amides is 1. The maximum atomic E-state index is 13.4. The Morgan fingerprint density at radius 2 is 1.61 bits per heavy atom. The molecule has 1 heterocycles. The zero-order valence-corrected chi connectivity index (χ0v) is 24.1. The predicted octanol–water partition coefficient (Wildman–Crippen LogP) is 5.44. The Morgan fingerprint density at radius 1 is 0.902 bits per heavy atom. The number of hydrogen-bond acceptors (Lipinski definition) is 7. The van der Waals surface area contributed by atoms with E-state index in [0.29, 0.717) is 54.7 Å². The minimum atomic E-state index is -0.797. The summed E-state index contributed by atoms with van der Waals surface area (Å²) in [5.41, 5.74) is 2.12. The Hall–Kier alpha value is -4.30. The van der Waals surface area contributed by atoms with Gasteiger partial charge < -0.3 is 29.1 Å². The number of methoxy groups -OCH3 is 1. The van der Waals surface area contributed by atoms with Gasteiger partial charge >= 0.3 is 0 Å². The number of nitrogens with zero attached hydrogens (tertiary/aromatic N) is 2. The lowest BCUT2D eigenvalue weighted by molar-refractivity contribution is -0.140. The third-order valence-electron chi connectivity index (χ3n) is 7.27. The third kappa shape index (κ3) is 6.72. The smallest absolute Gasteiger partial charge is 0.295 e. The fraction of sp³-hybridized carbons (Fsp3) is 0.333. The highest BCUT2D eigenvalue weighted by Gasteiger charge is 2.46. The van der Waals surface area contributed by atoms with Crippen molar-refractivity contribution in [1.29, 1.82) is 0 Å². The molecule has 0 aromatic heterocycles. The number of aliphatic hydroxyl groups excluding tert-OH is 1. The van der Waals surface area contributed by atoms with Gasteiger partial charge in [-0.1, -0.05) is 50.2 Å². The average molecular weight is 559 g/mol. The predicted molar refractivity (Wildman–Crippen MR) is 158 cm³/mol. The molecule has 3 aromatic carbocycles. The number of hydrogen-bond donors (Lipinski definition) is 1. The van der Waals surface area contributed by atoms with Crippen LogP contribution in [-0.4, -0.2) is 66.5 Å². The van der Waals surface area contributed by atoms with Crippen LogP contribution in [0, 0.1) is 0 Å². The number of ketones is 1. The number of ether oxygens (including phenoxy) is 3. The van der Waals surface area contributed by atoms with Crippen LogP contribution in [0.25, 0.3) is 5.76 Å². The Morgan fingerprint density at radius 3 is 2.24 bits per heavy atom. The molecule has 1 aliphatic heterocycles. The first kappa shape index (κ1) is 29.7. The first-order chi connectivity index (χ1) is 19.9. The summed E-state index contributed by atoms with van der Waals surface area (Å²) in [5.74, 6) is 0.0593. The minimum absolute atomic E-state index is 0.0405. The fourth-order valence-corrected chi connectivity index (χ4v) is 4.99. The molecule has 3 aromatic rings. The van der Waals surface area contributed by atoms with Gasteiger partial charge in [0.05, 0.1) is 25.3 Å².